The Kier molecular flexibility index (Phi) is 5.81. The first-order chi connectivity index (χ1) is 8.59. The fourth-order valence-corrected chi connectivity index (χ4v) is 1.45. The first-order valence-electron chi connectivity index (χ1n) is 5.15. The molecule has 1 aromatic carbocycles. The van der Waals surface area contributed by atoms with Gasteiger partial charge in [-0.05, 0) is 12.1 Å². The number of benzene rings is 1. The van der Waals surface area contributed by atoms with Gasteiger partial charge in [-0.2, -0.15) is 0 Å². The molecule has 1 aromatic rings. The lowest BCUT2D eigenvalue weighted by Gasteiger charge is -2.04. The van der Waals surface area contributed by atoms with E-state index in [2.05, 4.69) is 11.8 Å². The molecule has 0 aliphatic carbocycles. The molecular formula is C13H12O4S. The molecule has 0 radical (unpaired) electrons. The Bertz CT molecular complexity index is 499. The topological polar surface area (TPSA) is 63.6 Å². The second kappa shape index (κ2) is 7.41. The van der Waals surface area contributed by atoms with E-state index in [9.17, 15) is 9.59 Å². The fourth-order valence-electron chi connectivity index (χ4n) is 1.10. The molecule has 0 aliphatic rings. The lowest BCUT2D eigenvalue weighted by atomic mass is 10.2. The largest absolute Gasteiger partial charge is 0.481 e. The monoisotopic (exact) mass is 264 g/mol. The van der Waals surface area contributed by atoms with E-state index in [4.69, 9.17) is 9.84 Å². The van der Waals surface area contributed by atoms with Crippen LogP contribution in [0.3, 0.4) is 0 Å². The van der Waals surface area contributed by atoms with Gasteiger partial charge in [-0.25, -0.2) is 4.79 Å². The Morgan fingerprint density at radius 1 is 1.39 bits per heavy atom. The summed E-state index contributed by atoms with van der Waals surface area (Å²) in [6.45, 7) is 1.08. The molecule has 0 bridgehead atoms. The Balaban J connectivity index is 2.69. The van der Waals surface area contributed by atoms with E-state index in [0.29, 0.717) is 17.1 Å². The molecule has 0 atom stereocenters. The van der Waals surface area contributed by atoms with E-state index in [1.165, 1.54) is 6.92 Å². The van der Waals surface area contributed by atoms with Gasteiger partial charge < -0.3 is 9.84 Å². The van der Waals surface area contributed by atoms with Crippen LogP contribution in [0.25, 0.3) is 0 Å². The van der Waals surface area contributed by atoms with Crippen molar-refractivity contribution in [3.8, 4) is 17.6 Å². The van der Waals surface area contributed by atoms with E-state index in [1.807, 2.05) is 0 Å². The van der Waals surface area contributed by atoms with Crippen molar-refractivity contribution in [3.05, 3.63) is 29.8 Å². The maximum absolute atomic E-state index is 10.7. The zero-order valence-corrected chi connectivity index (χ0v) is 10.6. The van der Waals surface area contributed by atoms with Crippen molar-refractivity contribution < 1.29 is 19.4 Å². The van der Waals surface area contributed by atoms with Crippen LogP contribution in [-0.2, 0) is 9.59 Å². The van der Waals surface area contributed by atoms with Crippen LogP contribution in [0.5, 0.6) is 5.75 Å². The zero-order chi connectivity index (χ0) is 13.4. The summed E-state index contributed by atoms with van der Waals surface area (Å²) in [6.07, 6.45) is 0. The van der Waals surface area contributed by atoms with Crippen LogP contribution in [0.1, 0.15) is 12.5 Å². The van der Waals surface area contributed by atoms with Crippen LogP contribution in [-0.4, -0.2) is 28.6 Å². The number of rotatable bonds is 4. The number of ether oxygens (including phenoxy) is 1. The molecule has 0 heterocycles. The van der Waals surface area contributed by atoms with Crippen molar-refractivity contribution >= 4 is 22.8 Å². The number of carboxylic acids is 1. The molecule has 5 heteroatoms. The van der Waals surface area contributed by atoms with Gasteiger partial charge in [0.15, 0.2) is 11.7 Å². The number of carboxylic acid groups (broad SMARTS) is 1. The number of carbonyl (C=O) groups excluding carboxylic acids is 1. The number of para-hydroxylation sites is 1. The second-order valence-electron chi connectivity index (χ2n) is 3.26. The van der Waals surface area contributed by atoms with Crippen molar-refractivity contribution in [3.63, 3.8) is 0 Å². The Hall–Kier alpha value is -1.93. The second-order valence-corrected chi connectivity index (χ2v) is 4.41. The highest BCUT2D eigenvalue weighted by Gasteiger charge is 2.02. The summed E-state index contributed by atoms with van der Waals surface area (Å²) in [6, 6.07) is 6.93. The minimum absolute atomic E-state index is 0.0136. The van der Waals surface area contributed by atoms with Crippen LogP contribution >= 0.6 is 11.8 Å². The van der Waals surface area contributed by atoms with Crippen molar-refractivity contribution in [2.45, 2.75) is 6.92 Å². The molecule has 0 spiro atoms. The minimum Gasteiger partial charge on any atom is -0.481 e. The fraction of sp³-hybridized carbons (Fsp3) is 0.231. The maximum Gasteiger partial charge on any atom is 0.341 e. The Morgan fingerprint density at radius 3 is 2.78 bits per heavy atom. The quantitative estimate of drug-likeness (QED) is 0.840. The number of hydrogen-bond acceptors (Lipinski definition) is 4. The van der Waals surface area contributed by atoms with Gasteiger partial charge in [0.25, 0.3) is 0 Å². The lowest BCUT2D eigenvalue weighted by molar-refractivity contribution is -0.139. The first-order valence-corrected chi connectivity index (χ1v) is 6.14. The summed E-state index contributed by atoms with van der Waals surface area (Å²) in [5.74, 6) is 5.48. The number of thioether (sulfide) groups is 1. The summed E-state index contributed by atoms with van der Waals surface area (Å²) in [5.41, 5.74) is 0.614. The summed E-state index contributed by atoms with van der Waals surface area (Å²) in [7, 11) is 0. The van der Waals surface area contributed by atoms with Gasteiger partial charge in [-0.15, -0.1) is 0 Å². The van der Waals surface area contributed by atoms with E-state index < -0.39 is 12.6 Å². The van der Waals surface area contributed by atoms with Crippen LogP contribution in [0.15, 0.2) is 24.3 Å². The van der Waals surface area contributed by atoms with Crippen molar-refractivity contribution in [2.24, 2.45) is 0 Å². The molecule has 0 amide bonds. The average Bonchev–Trinajstić information content (AvgIpc) is 2.33. The summed E-state index contributed by atoms with van der Waals surface area (Å²) in [4.78, 5) is 21.1. The van der Waals surface area contributed by atoms with Crippen LogP contribution < -0.4 is 4.74 Å². The van der Waals surface area contributed by atoms with Gasteiger partial charge in [0.1, 0.15) is 5.75 Å². The van der Waals surface area contributed by atoms with E-state index >= 15 is 0 Å². The smallest absolute Gasteiger partial charge is 0.341 e. The van der Waals surface area contributed by atoms with Gasteiger partial charge in [-0.3, -0.25) is 4.79 Å². The van der Waals surface area contributed by atoms with Gasteiger partial charge in [-0.1, -0.05) is 35.7 Å². The highest BCUT2D eigenvalue weighted by molar-refractivity contribution is 8.13. The highest BCUT2D eigenvalue weighted by Crippen LogP contribution is 2.16. The number of carbonyl (C=O) groups is 2. The normalized spacial score (nSPS) is 9.17. The molecule has 1 N–H and O–H groups in total. The van der Waals surface area contributed by atoms with Crippen molar-refractivity contribution in [2.75, 3.05) is 12.4 Å². The standard InChI is InChI=1S/C13H12O4S/c1-10(14)18-8-4-6-11-5-2-3-7-12(11)17-9-13(15)16/h2-3,5,7H,8-9H2,1H3,(H,15,16). The Labute approximate surface area is 109 Å². The number of hydrogen-bond donors (Lipinski definition) is 1. The molecule has 0 unspecified atom stereocenters. The predicted molar refractivity (Wildman–Crippen MR) is 69.6 cm³/mol. The lowest BCUT2D eigenvalue weighted by Crippen LogP contribution is -2.10. The molecule has 0 fully saturated rings. The van der Waals surface area contributed by atoms with Gasteiger partial charge >= 0.3 is 5.97 Å². The number of aliphatic carboxylic acids is 1. The van der Waals surface area contributed by atoms with E-state index in [-0.39, 0.29) is 5.12 Å². The van der Waals surface area contributed by atoms with Crippen molar-refractivity contribution in [1.29, 1.82) is 0 Å². The third kappa shape index (κ3) is 5.41. The highest BCUT2D eigenvalue weighted by atomic mass is 32.2. The molecule has 0 aliphatic heterocycles. The van der Waals surface area contributed by atoms with Crippen LogP contribution in [0.2, 0.25) is 0 Å². The molecule has 1 rings (SSSR count). The molecule has 0 aromatic heterocycles. The van der Waals surface area contributed by atoms with Gasteiger partial charge in [0.05, 0.1) is 11.3 Å². The predicted octanol–water partition coefficient (Wildman–Crippen LogP) is 1.78. The molecule has 0 saturated heterocycles. The molecular weight excluding hydrogens is 252 g/mol. The third-order valence-corrected chi connectivity index (χ3v) is 2.50. The summed E-state index contributed by atoms with van der Waals surface area (Å²) < 4.78 is 5.10. The zero-order valence-electron chi connectivity index (χ0n) is 9.80. The van der Waals surface area contributed by atoms with E-state index in [0.717, 1.165) is 11.8 Å². The van der Waals surface area contributed by atoms with E-state index in [1.54, 1.807) is 24.3 Å². The van der Waals surface area contributed by atoms with Gasteiger partial charge in [0.2, 0.25) is 0 Å². The summed E-state index contributed by atoms with van der Waals surface area (Å²) >= 11 is 1.13. The van der Waals surface area contributed by atoms with Crippen molar-refractivity contribution in [1.82, 2.24) is 0 Å². The minimum atomic E-state index is -1.04. The average molecular weight is 264 g/mol. The van der Waals surface area contributed by atoms with Gasteiger partial charge in [0, 0.05) is 6.92 Å². The first kappa shape index (κ1) is 14.1. The van der Waals surface area contributed by atoms with Crippen LogP contribution in [0, 0.1) is 11.8 Å². The molecule has 94 valence electrons. The summed E-state index contributed by atoms with van der Waals surface area (Å²) in [5, 5.41) is 8.55. The SMILES string of the molecule is CC(=O)SCC#Cc1ccccc1OCC(=O)O. The molecule has 4 nitrogen and oxygen atoms in total. The maximum atomic E-state index is 10.7. The third-order valence-electron chi connectivity index (χ3n) is 1.81. The Morgan fingerprint density at radius 2 is 2.11 bits per heavy atom. The van der Waals surface area contributed by atoms with Crippen LogP contribution in [0.4, 0.5) is 0 Å². The molecule has 18 heavy (non-hydrogen) atoms. The molecule has 0 saturated carbocycles.